The number of carbonyl (C=O) groups excluding carboxylic acids is 1. The van der Waals surface area contributed by atoms with Crippen molar-refractivity contribution in [2.45, 2.75) is 0 Å². The summed E-state index contributed by atoms with van der Waals surface area (Å²) in [6.07, 6.45) is 4.31. The topological polar surface area (TPSA) is 90.7 Å². The molecule has 5 nitrogen and oxygen atoms in total. The van der Waals surface area contributed by atoms with E-state index in [1.54, 1.807) is 24.4 Å². The van der Waals surface area contributed by atoms with Crippen molar-refractivity contribution in [1.29, 1.82) is 0 Å². The Balaban J connectivity index is 2.26. The van der Waals surface area contributed by atoms with Crippen LogP contribution in [0.2, 0.25) is 0 Å². The highest BCUT2D eigenvalue weighted by atomic mass is 16.3. The summed E-state index contributed by atoms with van der Waals surface area (Å²) in [6.45, 7) is 0. The second-order valence-corrected chi connectivity index (χ2v) is 3.78. The van der Waals surface area contributed by atoms with E-state index in [0.717, 1.165) is 6.07 Å². The molecule has 0 fully saturated rings. The van der Waals surface area contributed by atoms with Gasteiger partial charge in [-0.2, -0.15) is 0 Å². The number of phenolic OH excluding ortho intramolecular Hbond substituents is 3. The number of aromatic hydroxyl groups is 3. The van der Waals surface area contributed by atoms with E-state index >= 15 is 0 Å². The Hall–Kier alpha value is -2.82. The maximum atomic E-state index is 11.8. The lowest BCUT2D eigenvalue weighted by Crippen LogP contribution is -1.95. The van der Waals surface area contributed by atoms with E-state index in [-0.39, 0.29) is 5.56 Å². The van der Waals surface area contributed by atoms with Crippen molar-refractivity contribution in [3.63, 3.8) is 0 Å². The van der Waals surface area contributed by atoms with Gasteiger partial charge in [0.25, 0.3) is 0 Å². The van der Waals surface area contributed by atoms with Gasteiger partial charge in [-0.3, -0.25) is 9.78 Å². The van der Waals surface area contributed by atoms with Gasteiger partial charge in [0, 0.05) is 6.20 Å². The maximum absolute atomic E-state index is 11.8. The molecule has 0 amide bonds. The van der Waals surface area contributed by atoms with Crippen LogP contribution in [0, 0.1) is 0 Å². The van der Waals surface area contributed by atoms with Gasteiger partial charge in [0.1, 0.15) is 0 Å². The number of aromatic nitrogens is 1. The van der Waals surface area contributed by atoms with Crippen LogP contribution in [-0.2, 0) is 0 Å². The molecule has 0 spiro atoms. The van der Waals surface area contributed by atoms with Crippen LogP contribution < -0.4 is 0 Å². The molecule has 0 aliphatic carbocycles. The number of ketones is 1. The summed E-state index contributed by atoms with van der Waals surface area (Å²) >= 11 is 0. The molecule has 0 aliphatic rings. The predicted octanol–water partition coefficient (Wildman–Crippen LogP) is 2.09. The van der Waals surface area contributed by atoms with Gasteiger partial charge in [-0.05, 0) is 36.4 Å². The summed E-state index contributed by atoms with van der Waals surface area (Å²) in [4.78, 5) is 15.8. The van der Waals surface area contributed by atoms with Crippen molar-refractivity contribution in [2.75, 3.05) is 0 Å². The molecule has 1 aromatic carbocycles. The third kappa shape index (κ3) is 2.71. The van der Waals surface area contributed by atoms with Gasteiger partial charge in [-0.1, -0.05) is 6.07 Å². The van der Waals surface area contributed by atoms with Gasteiger partial charge in [0.2, 0.25) is 5.75 Å². The highest BCUT2D eigenvalue weighted by molar-refractivity contribution is 6.09. The second-order valence-electron chi connectivity index (χ2n) is 3.78. The highest BCUT2D eigenvalue weighted by Crippen LogP contribution is 2.37. The maximum Gasteiger partial charge on any atom is 0.201 e. The molecule has 5 heteroatoms. The van der Waals surface area contributed by atoms with Crippen LogP contribution in [0.5, 0.6) is 17.2 Å². The van der Waals surface area contributed by atoms with Gasteiger partial charge in [-0.15, -0.1) is 0 Å². The first-order valence-electron chi connectivity index (χ1n) is 5.47. The van der Waals surface area contributed by atoms with Crippen molar-refractivity contribution in [3.8, 4) is 17.2 Å². The third-order valence-electron chi connectivity index (χ3n) is 2.49. The van der Waals surface area contributed by atoms with Crippen LogP contribution in [0.1, 0.15) is 16.1 Å². The van der Waals surface area contributed by atoms with E-state index in [2.05, 4.69) is 4.98 Å². The van der Waals surface area contributed by atoms with Gasteiger partial charge >= 0.3 is 0 Å². The number of allylic oxidation sites excluding steroid dienone is 1. The standard InChI is InChI=1S/C14H11NO4/c16-11(6-4-9-3-1-2-8-15-9)10-5-7-12(17)14(19)13(10)18/h1-8,17-19H. The Bertz CT molecular complexity index is 635. The van der Waals surface area contributed by atoms with E-state index in [1.165, 1.54) is 18.2 Å². The summed E-state index contributed by atoms with van der Waals surface area (Å²) in [5.74, 6) is -2.34. The van der Waals surface area contributed by atoms with Crippen molar-refractivity contribution < 1.29 is 20.1 Å². The summed E-state index contributed by atoms with van der Waals surface area (Å²) in [6, 6.07) is 7.62. The number of rotatable bonds is 3. The molecule has 0 saturated carbocycles. The fourth-order valence-electron chi connectivity index (χ4n) is 1.49. The lowest BCUT2D eigenvalue weighted by Gasteiger charge is -2.04. The van der Waals surface area contributed by atoms with Crippen molar-refractivity contribution in [1.82, 2.24) is 4.98 Å². The minimum absolute atomic E-state index is 0.0949. The third-order valence-corrected chi connectivity index (χ3v) is 2.49. The summed E-state index contributed by atoms with van der Waals surface area (Å²) < 4.78 is 0. The Labute approximate surface area is 109 Å². The minimum atomic E-state index is -0.711. The molecule has 0 unspecified atom stereocenters. The lowest BCUT2D eigenvalue weighted by molar-refractivity contribution is 0.104. The van der Waals surface area contributed by atoms with Gasteiger partial charge in [0.05, 0.1) is 11.3 Å². The van der Waals surface area contributed by atoms with E-state index in [4.69, 9.17) is 5.11 Å². The average molecular weight is 257 g/mol. The number of pyridine rings is 1. The molecule has 3 N–H and O–H groups in total. The first kappa shape index (κ1) is 12.6. The molecule has 1 heterocycles. The van der Waals surface area contributed by atoms with Crippen LogP contribution in [0.25, 0.3) is 6.08 Å². The van der Waals surface area contributed by atoms with E-state index in [9.17, 15) is 15.0 Å². The van der Waals surface area contributed by atoms with Crippen LogP contribution in [0.3, 0.4) is 0 Å². The minimum Gasteiger partial charge on any atom is -0.504 e. The highest BCUT2D eigenvalue weighted by Gasteiger charge is 2.15. The molecule has 96 valence electrons. The molecule has 0 aliphatic heterocycles. The van der Waals surface area contributed by atoms with Crippen molar-refractivity contribution in [3.05, 3.63) is 53.9 Å². The lowest BCUT2D eigenvalue weighted by atomic mass is 10.1. The summed E-state index contributed by atoms with van der Waals surface area (Å²) in [5, 5.41) is 28.1. The van der Waals surface area contributed by atoms with Gasteiger partial charge in [-0.25, -0.2) is 0 Å². The number of carbonyl (C=O) groups is 1. The van der Waals surface area contributed by atoms with Gasteiger partial charge in [0.15, 0.2) is 17.3 Å². The smallest absolute Gasteiger partial charge is 0.201 e. The Morgan fingerprint density at radius 2 is 1.84 bits per heavy atom. The Kier molecular flexibility index (Phi) is 3.47. The first-order valence-corrected chi connectivity index (χ1v) is 5.47. The first-order chi connectivity index (χ1) is 9.09. The number of hydrogen-bond donors (Lipinski definition) is 3. The normalized spacial score (nSPS) is 10.7. The zero-order chi connectivity index (χ0) is 13.8. The van der Waals surface area contributed by atoms with Crippen LogP contribution >= 0.6 is 0 Å². The summed E-state index contributed by atoms with van der Waals surface area (Å²) in [7, 11) is 0. The molecule has 0 radical (unpaired) electrons. The van der Waals surface area contributed by atoms with E-state index in [0.29, 0.717) is 5.69 Å². The molecule has 0 saturated heterocycles. The van der Waals surface area contributed by atoms with Crippen molar-refractivity contribution in [2.24, 2.45) is 0 Å². The van der Waals surface area contributed by atoms with Crippen LogP contribution in [0.15, 0.2) is 42.6 Å². The Morgan fingerprint density at radius 3 is 2.53 bits per heavy atom. The Morgan fingerprint density at radius 1 is 1.05 bits per heavy atom. The SMILES string of the molecule is O=C(C=Cc1ccccn1)c1ccc(O)c(O)c1O. The predicted molar refractivity (Wildman–Crippen MR) is 69.0 cm³/mol. The second kappa shape index (κ2) is 5.22. The zero-order valence-corrected chi connectivity index (χ0v) is 9.82. The van der Waals surface area contributed by atoms with Gasteiger partial charge < -0.3 is 15.3 Å². The van der Waals surface area contributed by atoms with E-state index < -0.39 is 23.0 Å². The number of hydrogen-bond acceptors (Lipinski definition) is 5. The number of nitrogens with zero attached hydrogens (tertiary/aromatic N) is 1. The van der Waals surface area contributed by atoms with E-state index in [1.807, 2.05) is 0 Å². The average Bonchev–Trinajstić information content (AvgIpc) is 2.43. The monoisotopic (exact) mass is 257 g/mol. The molecular formula is C14H11NO4. The molecule has 0 bridgehead atoms. The van der Waals surface area contributed by atoms with Crippen LogP contribution in [0.4, 0.5) is 0 Å². The fourth-order valence-corrected chi connectivity index (χ4v) is 1.49. The number of phenols is 3. The molecular weight excluding hydrogens is 246 g/mol. The molecule has 19 heavy (non-hydrogen) atoms. The molecule has 2 aromatic rings. The zero-order valence-electron chi connectivity index (χ0n) is 9.82. The summed E-state index contributed by atoms with van der Waals surface area (Å²) in [5.41, 5.74) is 0.501. The van der Waals surface area contributed by atoms with Crippen molar-refractivity contribution >= 4 is 11.9 Å². The molecule has 0 atom stereocenters. The number of benzene rings is 1. The van der Waals surface area contributed by atoms with Crippen LogP contribution in [-0.4, -0.2) is 26.1 Å². The molecule has 1 aromatic heterocycles. The largest absolute Gasteiger partial charge is 0.504 e. The quantitative estimate of drug-likeness (QED) is 0.445. The molecule has 2 rings (SSSR count). The fraction of sp³-hybridized carbons (Fsp3) is 0.